The summed E-state index contributed by atoms with van der Waals surface area (Å²) in [5, 5.41) is 14.8. The molecule has 4 heteroatoms. The molecule has 0 aromatic carbocycles. The fourth-order valence-corrected chi connectivity index (χ4v) is 3.96. The topological polar surface area (TPSA) is 32.6 Å². The predicted octanol–water partition coefficient (Wildman–Crippen LogP) is 3.62. The van der Waals surface area contributed by atoms with Crippen molar-refractivity contribution in [2.75, 3.05) is 6.26 Å². The quantitative estimate of drug-likeness (QED) is 0.463. The van der Waals surface area contributed by atoms with E-state index in [1.165, 1.54) is 15.3 Å². The van der Waals surface area contributed by atoms with Gasteiger partial charge in [-0.1, -0.05) is 19.0 Å². The maximum Gasteiger partial charge on any atom is 0.0895 e. The minimum absolute atomic E-state index is 0.214. The number of hydrogen-bond acceptors (Lipinski definition) is 4. The van der Waals surface area contributed by atoms with E-state index in [2.05, 4.69) is 30.6 Å². The van der Waals surface area contributed by atoms with Gasteiger partial charge in [-0.3, -0.25) is 0 Å². The molecular formula is C11H15NOS2. The molecule has 0 atom stereocenters. The second kappa shape index (κ2) is 3.83. The third-order valence-electron chi connectivity index (χ3n) is 2.74. The van der Waals surface area contributed by atoms with Gasteiger partial charge in [0.15, 0.2) is 0 Å². The first-order chi connectivity index (χ1) is 7.07. The third kappa shape index (κ3) is 1.93. The van der Waals surface area contributed by atoms with Crippen molar-refractivity contribution in [1.82, 2.24) is 0 Å². The molecule has 0 amide bonds. The monoisotopic (exact) mass is 241 g/mol. The van der Waals surface area contributed by atoms with Crippen molar-refractivity contribution < 1.29 is 5.21 Å². The molecule has 15 heavy (non-hydrogen) atoms. The molecular weight excluding hydrogens is 226 g/mol. The van der Waals surface area contributed by atoms with Crippen LogP contribution in [-0.4, -0.2) is 17.2 Å². The van der Waals surface area contributed by atoms with Crippen LogP contribution in [0.2, 0.25) is 0 Å². The van der Waals surface area contributed by atoms with E-state index >= 15 is 0 Å². The smallest absolute Gasteiger partial charge is 0.0895 e. The van der Waals surface area contributed by atoms with Crippen molar-refractivity contribution in [3.8, 4) is 0 Å². The first-order valence-corrected chi connectivity index (χ1v) is 7.03. The predicted molar refractivity (Wildman–Crippen MR) is 66.5 cm³/mol. The second-order valence-corrected chi connectivity index (χ2v) is 6.65. The summed E-state index contributed by atoms with van der Waals surface area (Å²) in [6, 6.07) is 0. The number of nitrogens with zero attached hydrogens (tertiary/aromatic N) is 1. The van der Waals surface area contributed by atoms with E-state index in [4.69, 9.17) is 5.21 Å². The average Bonchev–Trinajstić information content (AvgIpc) is 2.57. The summed E-state index contributed by atoms with van der Waals surface area (Å²) in [6.07, 6.45) is 4.01. The highest BCUT2D eigenvalue weighted by molar-refractivity contribution is 8.00. The van der Waals surface area contributed by atoms with E-state index in [0.29, 0.717) is 0 Å². The number of thioether (sulfide) groups is 1. The van der Waals surface area contributed by atoms with Crippen LogP contribution in [0.5, 0.6) is 0 Å². The highest BCUT2D eigenvalue weighted by atomic mass is 32.2. The third-order valence-corrected chi connectivity index (χ3v) is 4.93. The lowest BCUT2D eigenvalue weighted by Crippen LogP contribution is -2.26. The van der Waals surface area contributed by atoms with Crippen LogP contribution in [0.4, 0.5) is 0 Å². The van der Waals surface area contributed by atoms with Crippen LogP contribution in [0.1, 0.15) is 31.4 Å². The minimum atomic E-state index is 0.214. The van der Waals surface area contributed by atoms with Gasteiger partial charge in [-0.15, -0.1) is 23.1 Å². The van der Waals surface area contributed by atoms with Gasteiger partial charge in [-0.25, -0.2) is 0 Å². The molecule has 0 saturated heterocycles. The molecule has 1 N–H and O–H groups in total. The van der Waals surface area contributed by atoms with E-state index in [0.717, 1.165) is 18.6 Å². The Hall–Kier alpha value is -0.480. The summed E-state index contributed by atoms with van der Waals surface area (Å²) in [7, 11) is 0. The molecule has 0 saturated carbocycles. The van der Waals surface area contributed by atoms with Crippen molar-refractivity contribution >= 4 is 28.8 Å². The van der Waals surface area contributed by atoms with Crippen molar-refractivity contribution in [3.05, 3.63) is 16.5 Å². The van der Waals surface area contributed by atoms with Gasteiger partial charge in [0.2, 0.25) is 0 Å². The van der Waals surface area contributed by atoms with Gasteiger partial charge in [-0.2, -0.15) is 0 Å². The Morgan fingerprint density at radius 3 is 2.80 bits per heavy atom. The molecule has 2 nitrogen and oxygen atoms in total. The summed E-state index contributed by atoms with van der Waals surface area (Å²) in [4.78, 5) is 0. The SMILES string of the molecule is CSc1scc2c1/C(=N\O)CC(C)(C)C2. The average molecular weight is 241 g/mol. The summed E-state index contributed by atoms with van der Waals surface area (Å²) >= 11 is 3.49. The Bertz CT molecular complexity index is 407. The van der Waals surface area contributed by atoms with Crippen LogP contribution in [-0.2, 0) is 6.42 Å². The van der Waals surface area contributed by atoms with E-state index in [-0.39, 0.29) is 5.41 Å². The molecule has 1 aliphatic rings. The number of rotatable bonds is 1. The van der Waals surface area contributed by atoms with Gasteiger partial charge in [0.25, 0.3) is 0 Å². The van der Waals surface area contributed by atoms with Crippen LogP contribution in [0.25, 0.3) is 0 Å². The summed E-state index contributed by atoms with van der Waals surface area (Å²) in [6.45, 7) is 4.44. The second-order valence-electron chi connectivity index (χ2n) is 4.69. The zero-order valence-corrected chi connectivity index (χ0v) is 10.8. The van der Waals surface area contributed by atoms with Gasteiger partial charge in [0.1, 0.15) is 0 Å². The summed E-state index contributed by atoms with van der Waals surface area (Å²) in [5.74, 6) is 0. The highest BCUT2D eigenvalue weighted by Crippen LogP contribution is 2.41. The van der Waals surface area contributed by atoms with Gasteiger partial charge in [0.05, 0.1) is 9.92 Å². The van der Waals surface area contributed by atoms with Gasteiger partial charge in [-0.05, 0) is 35.5 Å². The van der Waals surface area contributed by atoms with Crippen LogP contribution in [0.3, 0.4) is 0 Å². The zero-order valence-electron chi connectivity index (χ0n) is 9.20. The first-order valence-electron chi connectivity index (χ1n) is 4.93. The van der Waals surface area contributed by atoms with Crippen molar-refractivity contribution in [2.24, 2.45) is 10.6 Å². The number of hydrogen-bond donors (Lipinski definition) is 1. The molecule has 0 aliphatic heterocycles. The number of thiophene rings is 1. The lowest BCUT2D eigenvalue weighted by molar-refractivity contribution is 0.306. The van der Waals surface area contributed by atoms with E-state index in [1.54, 1.807) is 23.1 Å². The Morgan fingerprint density at radius 1 is 1.47 bits per heavy atom. The van der Waals surface area contributed by atoms with Crippen LogP contribution in [0.15, 0.2) is 14.7 Å². The Balaban J connectivity index is 2.52. The lowest BCUT2D eigenvalue weighted by Gasteiger charge is -2.30. The highest BCUT2D eigenvalue weighted by Gasteiger charge is 2.32. The maximum absolute atomic E-state index is 9.09. The Kier molecular flexibility index (Phi) is 2.81. The summed E-state index contributed by atoms with van der Waals surface area (Å²) < 4.78 is 1.27. The molecule has 0 spiro atoms. The molecule has 1 aromatic rings. The Morgan fingerprint density at radius 2 is 2.20 bits per heavy atom. The zero-order chi connectivity index (χ0) is 11.1. The molecule has 1 heterocycles. The normalized spacial score (nSPS) is 21.7. The molecule has 0 fully saturated rings. The van der Waals surface area contributed by atoms with Crippen molar-refractivity contribution in [2.45, 2.75) is 30.9 Å². The van der Waals surface area contributed by atoms with Gasteiger partial charge < -0.3 is 5.21 Å². The lowest BCUT2D eigenvalue weighted by atomic mass is 9.75. The molecule has 0 radical (unpaired) electrons. The molecule has 82 valence electrons. The fourth-order valence-electron chi connectivity index (χ4n) is 2.16. The van der Waals surface area contributed by atoms with Crippen molar-refractivity contribution in [3.63, 3.8) is 0 Å². The molecule has 1 aliphatic carbocycles. The fraction of sp³-hybridized carbons (Fsp3) is 0.545. The molecule has 0 unspecified atom stereocenters. The largest absolute Gasteiger partial charge is 0.411 e. The van der Waals surface area contributed by atoms with Crippen LogP contribution >= 0.6 is 23.1 Å². The van der Waals surface area contributed by atoms with Gasteiger partial charge >= 0.3 is 0 Å². The molecule has 0 bridgehead atoms. The standard InChI is InChI=1S/C11H15NOS2/c1-11(2)4-7-6-15-10(14-3)9(7)8(5-11)12-13/h6,13H,4-5H2,1-3H3/b12-8-. The van der Waals surface area contributed by atoms with Crippen molar-refractivity contribution in [1.29, 1.82) is 0 Å². The van der Waals surface area contributed by atoms with Crippen LogP contribution in [0, 0.1) is 5.41 Å². The number of fused-ring (bicyclic) bond motifs is 1. The molecule has 1 aromatic heterocycles. The number of oxime groups is 1. The first kappa shape index (κ1) is 11.0. The van der Waals surface area contributed by atoms with E-state index in [1.807, 2.05) is 0 Å². The Labute approximate surface area is 98.4 Å². The maximum atomic E-state index is 9.09. The van der Waals surface area contributed by atoms with E-state index < -0.39 is 0 Å². The summed E-state index contributed by atoms with van der Waals surface area (Å²) in [5.41, 5.74) is 3.60. The molecule has 2 rings (SSSR count). The van der Waals surface area contributed by atoms with Gasteiger partial charge in [0, 0.05) is 5.56 Å². The van der Waals surface area contributed by atoms with Crippen LogP contribution < -0.4 is 0 Å². The van der Waals surface area contributed by atoms with E-state index in [9.17, 15) is 0 Å². The minimum Gasteiger partial charge on any atom is -0.411 e.